The van der Waals surface area contributed by atoms with E-state index in [9.17, 15) is 4.79 Å². The molecule has 0 spiro atoms. The molecule has 0 atom stereocenters. The third kappa shape index (κ3) is 2.55. The van der Waals surface area contributed by atoms with Crippen LogP contribution in [0.15, 0.2) is 48.5 Å². The summed E-state index contributed by atoms with van der Waals surface area (Å²) in [6.07, 6.45) is 0. The molecule has 0 aliphatic rings. The molecule has 0 unspecified atom stereocenters. The number of aryl methyl sites for hydroxylation is 2. The summed E-state index contributed by atoms with van der Waals surface area (Å²) in [5, 5.41) is 10.1. The fourth-order valence-electron chi connectivity index (χ4n) is 2.53. The first-order valence-corrected chi connectivity index (χ1v) is 7.06. The normalized spacial score (nSPS) is 10.8. The number of carbonyl (C=O) groups is 1. The van der Waals surface area contributed by atoms with Gasteiger partial charge >= 0.3 is 5.97 Å². The average Bonchev–Trinajstić information content (AvgIpc) is 2.82. The van der Waals surface area contributed by atoms with E-state index in [1.54, 1.807) is 12.1 Å². The number of para-hydroxylation sites is 1. The van der Waals surface area contributed by atoms with Crippen molar-refractivity contribution in [2.24, 2.45) is 7.05 Å². The molecule has 0 radical (unpaired) electrons. The van der Waals surface area contributed by atoms with Gasteiger partial charge in [-0.3, -0.25) is 0 Å². The lowest BCUT2D eigenvalue weighted by atomic mass is 10.1. The van der Waals surface area contributed by atoms with Gasteiger partial charge in [0, 0.05) is 18.0 Å². The summed E-state index contributed by atoms with van der Waals surface area (Å²) in [6.45, 7) is 2.45. The fraction of sp³-hybridized carbons (Fsp3) is 0.167. The summed E-state index contributed by atoms with van der Waals surface area (Å²) < 4.78 is 7.85. The van der Waals surface area contributed by atoms with E-state index in [-0.39, 0.29) is 0 Å². The van der Waals surface area contributed by atoms with Crippen molar-refractivity contribution in [1.29, 1.82) is 0 Å². The number of hydrogen-bond acceptors (Lipinski definition) is 2. The molecule has 2 aromatic carbocycles. The standard InChI is InChI=1S/C18H17NO3/c1-12-5-3-4-6-17(12)22-11-15-9-13-7-8-14(18(20)21)10-16(13)19(15)2/h3-10H,11H2,1-2H3,(H,20,21). The minimum atomic E-state index is -0.916. The Morgan fingerprint density at radius 2 is 1.95 bits per heavy atom. The van der Waals surface area contributed by atoms with E-state index in [2.05, 4.69) is 0 Å². The lowest BCUT2D eigenvalue weighted by molar-refractivity contribution is 0.0697. The maximum absolute atomic E-state index is 11.1. The lowest BCUT2D eigenvalue weighted by Crippen LogP contribution is -2.03. The van der Waals surface area contributed by atoms with Crippen molar-refractivity contribution in [3.05, 3.63) is 65.4 Å². The first-order chi connectivity index (χ1) is 10.6. The van der Waals surface area contributed by atoms with Crippen LogP contribution in [0.1, 0.15) is 21.6 Å². The van der Waals surface area contributed by atoms with Crippen molar-refractivity contribution in [2.75, 3.05) is 0 Å². The number of aromatic nitrogens is 1. The number of rotatable bonds is 4. The number of nitrogens with zero attached hydrogens (tertiary/aromatic N) is 1. The molecule has 0 aliphatic heterocycles. The third-order valence-corrected chi connectivity index (χ3v) is 3.86. The van der Waals surface area contributed by atoms with E-state index in [4.69, 9.17) is 9.84 Å². The SMILES string of the molecule is Cc1ccccc1OCc1cc2ccc(C(=O)O)cc2n1C. The predicted octanol–water partition coefficient (Wildman–Crippen LogP) is 3.76. The van der Waals surface area contributed by atoms with E-state index in [1.165, 1.54) is 0 Å². The largest absolute Gasteiger partial charge is 0.487 e. The van der Waals surface area contributed by atoms with Crippen molar-refractivity contribution in [3.8, 4) is 5.75 Å². The molecule has 0 bridgehead atoms. The Kier molecular flexibility index (Phi) is 3.59. The van der Waals surface area contributed by atoms with Crippen LogP contribution in [0.3, 0.4) is 0 Å². The van der Waals surface area contributed by atoms with E-state index in [0.29, 0.717) is 12.2 Å². The van der Waals surface area contributed by atoms with Gasteiger partial charge in [-0.05, 0) is 36.8 Å². The number of hydrogen-bond donors (Lipinski definition) is 1. The van der Waals surface area contributed by atoms with Gasteiger partial charge < -0.3 is 14.4 Å². The minimum Gasteiger partial charge on any atom is -0.487 e. The molecule has 0 amide bonds. The predicted molar refractivity (Wildman–Crippen MR) is 85.4 cm³/mol. The monoisotopic (exact) mass is 295 g/mol. The van der Waals surface area contributed by atoms with Gasteiger partial charge in [-0.25, -0.2) is 4.79 Å². The molecule has 1 heterocycles. The van der Waals surface area contributed by atoms with Crippen LogP contribution in [0.5, 0.6) is 5.75 Å². The maximum atomic E-state index is 11.1. The second-order valence-corrected chi connectivity index (χ2v) is 5.33. The van der Waals surface area contributed by atoms with E-state index in [1.807, 2.05) is 54.9 Å². The Morgan fingerprint density at radius 3 is 2.68 bits per heavy atom. The molecular formula is C18H17NO3. The summed E-state index contributed by atoms with van der Waals surface area (Å²) in [7, 11) is 1.92. The van der Waals surface area contributed by atoms with E-state index in [0.717, 1.165) is 27.9 Å². The van der Waals surface area contributed by atoms with Crippen molar-refractivity contribution in [3.63, 3.8) is 0 Å². The first kappa shape index (κ1) is 14.2. The van der Waals surface area contributed by atoms with Crippen LogP contribution in [0.2, 0.25) is 0 Å². The molecule has 22 heavy (non-hydrogen) atoms. The van der Waals surface area contributed by atoms with Crippen molar-refractivity contribution >= 4 is 16.9 Å². The summed E-state index contributed by atoms with van der Waals surface area (Å²) in [5.74, 6) is -0.0557. The van der Waals surface area contributed by atoms with Crippen LogP contribution in [-0.2, 0) is 13.7 Å². The Labute approximate surface area is 128 Å². The molecule has 4 nitrogen and oxygen atoms in total. The summed E-state index contributed by atoms with van der Waals surface area (Å²) in [6, 6.07) is 15.0. The second-order valence-electron chi connectivity index (χ2n) is 5.33. The van der Waals surface area contributed by atoms with Crippen LogP contribution in [0.25, 0.3) is 10.9 Å². The highest BCUT2D eigenvalue weighted by Crippen LogP contribution is 2.23. The summed E-state index contributed by atoms with van der Waals surface area (Å²) in [4.78, 5) is 11.1. The highest BCUT2D eigenvalue weighted by atomic mass is 16.5. The van der Waals surface area contributed by atoms with Gasteiger partial charge in [-0.1, -0.05) is 24.3 Å². The van der Waals surface area contributed by atoms with Crippen molar-refractivity contribution in [2.45, 2.75) is 13.5 Å². The van der Waals surface area contributed by atoms with Crippen molar-refractivity contribution in [1.82, 2.24) is 4.57 Å². The second kappa shape index (κ2) is 5.56. The van der Waals surface area contributed by atoms with Gasteiger partial charge in [0.25, 0.3) is 0 Å². The molecule has 0 aliphatic carbocycles. The molecule has 4 heteroatoms. The Bertz CT molecular complexity index is 849. The zero-order chi connectivity index (χ0) is 15.7. The summed E-state index contributed by atoms with van der Waals surface area (Å²) >= 11 is 0. The van der Waals surface area contributed by atoms with Crippen molar-refractivity contribution < 1.29 is 14.6 Å². The highest BCUT2D eigenvalue weighted by Gasteiger charge is 2.10. The Morgan fingerprint density at radius 1 is 1.18 bits per heavy atom. The lowest BCUT2D eigenvalue weighted by Gasteiger charge is -2.09. The topological polar surface area (TPSA) is 51.5 Å². The first-order valence-electron chi connectivity index (χ1n) is 7.06. The molecule has 0 saturated carbocycles. The van der Waals surface area contributed by atoms with Crippen LogP contribution in [0, 0.1) is 6.92 Å². The quantitative estimate of drug-likeness (QED) is 0.797. The Balaban J connectivity index is 1.90. The van der Waals surface area contributed by atoms with Gasteiger partial charge in [0.2, 0.25) is 0 Å². The maximum Gasteiger partial charge on any atom is 0.335 e. The van der Waals surface area contributed by atoms with Crippen LogP contribution >= 0.6 is 0 Å². The van der Waals surface area contributed by atoms with Gasteiger partial charge in [0.05, 0.1) is 11.3 Å². The molecular weight excluding hydrogens is 278 g/mol. The zero-order valence-corrected chi connectivity index (χ0v) is 12.5. The number of ether oxygens (including phenoxy) is 1. The van der Waals surface area contributed by atoms with Gasteiger partial charge in [0.1, 0.15) is 12.4 Å². The third-order valence-electron chi connectivity index (χ3n) is 3.86. The van der Waals surface area contributed by atoms with E-state index >= 15 is 0 Å². The number of aromatic carboxylic acids is 1. The van der Waals surface area contributed by atoms with Gasteiger partial charge in [-0.15, -0.1) is 0 Å². The molecule has 112 valence electrons. The Hall–Kier alpha value is -2.75. The van der Waals surface area contributed by atoms with Gasteiger partial charge in [-0.2, -0.15) is 0 Å². The summed E-state index contributed by atoms with van der Waals surface area (Å²) in [5.41, 5.74) is 3.28. The molecule has 0 fully saturated rings. The smallest absolute Gasteiger partial charge is 0.335 e. The van der Waals surface area contributed by atoms with E-state index < -0.39 is 5.97 Å². The van der Waals surface area contributed by atoms with Gasteiger partial charge in [0.15, 0.2) is 0 Å². The minimum absolute atomic E-state index is 0.292. The number of benzene rings is 2. The highest BCUT2D eigenvalue weighted by molar-refractivity contribution is 5.93. The number of fused-ring (bicyclic) bond motifs is 1. The molecule has 1 aromatic heterocycles. The zero-order valence-electron chi connectivity index (χ0n) is 12.5. The molecule has 3 rings (SSSR count). The van der Waals surface area contributed by atoms with Crippen LogP contribution < -0.4 is 4.74 Å². The molecule has 3 aromatic rings. The average molecular weight is 295 g/mol. The number of carboxylic acids is 1. The molecule has 1 N–H and O–H groups in total. The number of carboxylic acid groups (broad SMARTS) is 1. The van der Waals surface area contributed by atoms with Crippen LogP contribution in [0.4, 0.5) is 0 Å². The fourth-order valence-corrected chi connectivity index (χ4v) is 2.53. The van der Waals surface area contributed by atoms with Crippen LogP contribution in [-0.4, -0.2) is 15.6 Å². The molecule has 0 saturated heterocycles.